The van der Waals surface area contributed by atoms with Crippen LogP contribution in [0.5, 0.6) is 0 Å². The van der Waals surface area contributed by atoms with E-state index in [1.54, 1.807) is 0 Å². The number of para-hydroxylation sites is 1. The van der Waals surface area contributed by atoms with Crippen molar-refractivity contribution in [3.8, 4) is 0 Å². The fourth-order valence-corrected chi connectivity index (χ4v) is 1.28. The molecular formula is C9H9NO. The topological polar surface area (TPSA) is 25.2 Å². The van der Waals surface area contributed by atoms with Crippen LogP contribution >= 0.6 is 0 Å². The highest BCUT2D eigenvalue weighted by atomic mass is 16.5. The van der Waals surface area contributed by atoms with Crippen LogP contribution < -0.4 is 0 Å². The van der Waals surface area contributed by atoms with Crippen LogP contribution in [0.4, 0.5) is 0 Å². The van der Waals surface area contributed by atoms with Gasteiger partial charge in [0.2, 0.25) is 0 Å². The molecule has 1 aromatic heterocycles. The molecule has 0 atom stereocenters. The lowest BCUT2D eigenvalue weighted by Crippen LogP contribution is -1.90. The lowest BCUT2D eigenvalue weighted by Gasteiger charge is -1.94. The summed E-state index contributed by atoms with van der Waals surface area (Å²) in [6.07, 6.45) is 0. The Morgan fingerprint density at radius 2 is 2.00 bits per heavy atom. The molecule has 0 aliphatic carbocycles. The maximum atomic E-state index is 9.41. The quantitative estimate of drug-likeness (QED) is 0.568. The van der Waals surface area contributed by atoms with Gasteiger partial charge in [0, 0.05) is 5.39 Å². The van der Waals surface area contributed by atoms with Crippen molar-refractivity contribution >= 4 is 10.9 Å². The van der Waals surface area contributed by atoms with Gasteiger partial charge in [-0.1, -0.05) is 18.2 Å². The molecule has 0 spiro atoms. The number of hydrogen-bond donors (Lipinski definition) is 1. The molecule has 0 fully saturated rings. The molecule has 2 aromatic rings. The second kappa shape index (κ2) is 2.02. The number of nitrogens with zero attached hydrogens (tertiary/aromatic N) is 1. The maximum Gasteiger partial charge on any atom is 0.0868 e. The van der Waals surface area contributed by atoms with E-state index in [1.165, 1.54) is 4.73 Å². The van der Waals surface area contributed by atoms with Crippen molar-refractivity contribution in [3.05, 3.63) is 36.0 Å². The molecule has 1 heterocycles. The predicted molar refractivity (Wildman–Crippen MR) is 43.9 cm³/mol. The van der Waals surface area contributed by atoms with Crippen LogP contribution in [0.25, 0.3) is 10.9 Å². The van der Waals surface area contributed by atoms with E-state index in [2.05, 4.69) is 0 Å². The Balaban J connectivity index is 2.92. The lowest BCUT2D eigenvalue weighted by atomic mass is 10.2. The van der Waals surface area contributed by atoms with Gasteiger partial charge in [-0.2, -0.15) is 4.73 Å². The average Bonchev–Trinajstić information content (AvgIpc) is 2.30. The summed E-state index contributed by atoms with van der Waals surface area (Å²) >= 11 is 0. The minimum absolute atomic E-state index is 0.866. The van der Waals surface area contributed by atoms with Crippen LogP contribution in [0.3, 0.4) is 0 Å². The zero-order chi connectivity index (χ0) is 7.84. The highest BCUT2D eigenvalue weighted by Gasteiger charge is 2.00. The zero-order valence-corrected chi connectivity index (χ0v) is 6.28. The summed E-state index contributed by atoms with van der Waals surface area (Å²) in [5.74, 6) is 0. The van der Waals surface area contributed by atoms with Crippen molar-refractivity contribution in [2.75, 3.05) is 0 Å². The number of hydrogen-bond acceptors (Lipinski definition) is 1. The molecule has 0 amide bonds. The van der Waals surface area contributed by atoms with E-state index in [9.17, 15) is 5.21 Å². The third-order valence-electron chi connectivity index (χ3n) is 1.86. The predicted octanol–water partition coefficient (Wildman–Crippen LogP) is 2.19. The van der Waals surface area contributed by atoms with Gasteiger partial charge in [0.1, 0.15) is 0 Å². The van der Waals surface area contributed by atoms with E-state index in [1.807, 2.05) is 37.3 Å². The average molecular weight is 147 g/mol. The summed E-state index contributed by atoms with van der Waals surface area (Å²) in [6, 6.07) is 9.70. The number of aryl methyl sites for hydroxylation is 1. The third-order valence-corrected chi connectivity index (χ3v) is 1.86. The standard InChI is InChI=1S/C9H9NO/c1-7-6-8-4-2-3-5-9(8)10(7)11/h2-6,11H,1H3. The van der Waals surface area contributed by atoms with E-state index >= 15 is 0 Å². The molecule has 0 radical (unpaired) electrons. The number of rotatable bonds is 0. The van der Waals surface area contributed by atoms with Gasteiger partial charge in [-0.3, -0.25) is 0 Å². The molecule has 0 aliphatic heterocycles. The lowest BCUT2D eigenvalue weighted by molar-refractivity contribution is 0.194. The summed E-state index contributed by atoms with van der Waals surface area (Å²) in [7, 11) is 0. The first-order chi connectivity index (χ1) is 5.29. The first kappa shape index (κ1) is 6.28. The highest BCUT2D eigenvalue weighted by molar-refractivity contribution is 5.80. The number of aromatic nitrogens is 1. The SMILES string of the molecule is Cc1cc2ccccc2n1O. The number of benzene rings is 1. The van der Waals surface area contributed by atoms with Crippen LogP contribution in [0.1, 0.15) is 5.69 Å². The van der Waals surface area contributed by atoms with Gasteiger partial charge in [-0.05, 0) is 19.1 Å². The van der Waals surface area contributed by atoms with E-state index in [0.29, 0.717) is 0 Å². The zero-order valence-electron chi connectivity index (χ0n) is 6.28. The normalized spacial score (nSPS) is 10.6. The Morgan fingerprint density at radius 1 is 1.27 bits per heavy atom. The third kappa shape index (κ3) is 0.792. The molecule has 11 heavy (non-hydrogen) atoms. The molecule has 0 unspecified atom stereocenters. The van der Waals surface area contributed by atoms with Crippen molar-refractivity contribution in [1.29, 1.82) is 0 Å². The fourth-order valence-electron chi connectivity index (χ4n) is 1.28. The Hall–Kier alpha value is -1.44. The van der Waals surface area contributed by atoms with Crippen LogP contribution in [-0.2, 0) is 0 Å². The molecule has 1 N–H and O–H groups in total. The Labute approximate surface area is 64.6 Å². The summed E-state index contributed by atoms with van der Waals surface area (Å²) < 4.78 is 1.20. The first-order valence-corrected chi connectivity index (χ1v) is 3.55. The molecule has 2 rings (SSSR count). The van der Waals surface area contributed by atoms with Crippen LogP contribution in [-0.4, -0.2) is 9.94 Å². The summed E-state index contributed by atoms with van der Waals surface area (Å²) in [6.45, 7) is 1.88. The molecule has 0 saturated heterocycles. The van der Waals surface area contributed by atoms with Crippen molar-refractivity contribution in [2.45, 2.75) is 6.92 Å². The van der Waals surface area contributed by atoms with Crippen LogP contribution in [0, 0.1) is 6.92 Å². The van der Waals surface area contributed by atoms with Crippen molar-refractivity contribution in [1.82, 2.24) is 4.73 Å². The van der Waals surface area contributed by atoms with Crippen LogP contribution in [0.2, 0.25) is 0 Å². The van der Waals surface area contributed by atoms with Gasteiger partial charge in [-0.15, -0.1) is 0 Å². The molecular weight excluding hydrogens is 138 g/mol. The largest absolute Gasteiger partial charge is 0.428 e. The van der Waals surface area contributed by atoms with E-state index in [-0.39, 0.29) is 0 Å². The van der Waals surface area contributed by atoms with Gasteiger partial charge in [-0.25, -0.2) is 0 Å². The molecule has 0 aliphatic rings. The summed E-state index contributed by atoms with van der Waals surface area (Å²) in [5, 5.41) is 10.5. The first-order valence-electron chi connectivity index (χ1n) is 3.55. The monoisotopic (exact) mass is 147 g/mol. The van der Waals surface area contributed by atoms with Gasteiger partial charge < -0.3 is 5.21 Å². The van der Waals surface area contributed by atoms with Gasteiger partial charge >= 0.3 is 0 Å². The van der Waals surface area contributed by atoms with Gasteiger partial charge in [0.05, 0.1) is 11.2 Å². The Bertz CT molecular complexity index is 389. The minimum Gasteiger partial charge on any atom is -0.428 e. The van der Waals surface area contributed by atoms with Gasteiger partial charge in [0.25, 0.3) is 0 Å². The second-order valence-corrected chi connectivity index (χ2v) is 2.66. The fraction of sp³-hybridized carbons (Fsp3) is 0.111. The smallest absolute Gasteiger partial charge is 0.0868 e. The second-order valence-electron chi connectivity index (χ2n) is 2.66. The Morgan fingerprint density at radius 3 is 2.73 bits per heavy atom. The molecule has 1 aromatic carbocycles. The minimum atomic E-state index is 0.866. The summed E-state index contributed by atoms with van der Waals surface area (Å²) in [5.41, 5.74) is 1.73. The van der Waals surface area contributed by atoms with E-state index in [4.69, 9.17) is 0 Å². The maximum absolute atomic E-state index is 9.41. The van der Waals surface area contributed by atoms with Crippen molar-refractivity contribution in [3.63, 3.8) is 0 Å². The Kier molecular flexibility index (Phi) is 1.15. The van der Waals surface area contributed by atoms with Crippen molar-refractivity contribution < 1.29 is 5.21 Å². The summed E-state index contributed by atoms with van der Waals surface area (Å²) in [4.78, 5) is 0. The number of fused-ring (bicyclic) bond motifs is 1. The highest BCUT2D eigenvalue weighted by Crippen LogP contribution is 2.16. The molecule has 2 nitrogen and oxygen atoms in total. The molecule has 2 heteroatoms. The molecule has 56 valence electrons. The van der Waals surface area contributed by atoms with E-state index in [0.717, 1.165) is 16.6 Å². The van der Waals surface area contributed by atoms with Crippen molar-refractivity contribution in [2.24, 2.45) is 0 Å². The van der Waals surface area contributed by atoms with Gasteiger partial charge in [0.15, 0.2) is 0 Å². The molecule has 0 bridgehead atoms. The molecule has 0 saturated carbocycles. The van der Waals surface area contributed by atoms with Crippen LogP contribution in [0.15, 0.2) is 30.3 Å². The van der Waals surface area contributed by atoms with E-state index < -0.39 is 0 Å².